The third-order valence-corrected chi connectivity index (χ3v) is 3.18. The summed E-state index contributed by atoms with van der Waals surface area (Å²) in [5.74, 6) is -1.05. The first-order chi connectivity index (χ1) is 8.65. The van der Waals surface area contributed by atoms with Crippen LogP contribution in [0.3, 0.4) is 0 Å². The second kappa shape index (κ2) is 7.92. The fraction of sp³-hybridized carbons (Fsp3) is 0.833. The highest BCUT2D eigenvalue weighted by molar-refractivity contribution is 5.75. The van der Waals surface area contributed by atoms with Gasteiger partial charge in [0.15, 0.2) is 0 Å². The van der Waals surface area contributed by atoms with E-state index in [9.17, 15) is 9.59 Å². The molecule has 0 saturated carbocycles. The van der Waals surface area contributed by atoms with Crippen LogP contribution >= 0.6 is 0 Å². The summed E-state index contributed by atoms with van der Waals surface area (Å²) in [6.45, 7) is 2.41. The number of carboxylic acids is 1. The van der Waals surface area contributed by atoms with Crippen molar-refractivity contribution in [3.8, 4) is 0 Å². The Bertz CT molecular complexity index is 275. The van der Waals surface area contributed by atoms with Crippen LogP contribution in [0.2, 0.25) is 0 Å². The summed E-state index contributed by atoms with van der Waals surface area (Å²) in [4.78, 5) is 24.2. The number of hydrogen-bond acceptors (Lipinski definition) is 3. The van der Waals surface area contributed by atoms with Crippen LogP contribution in [0, 0.1) is 5.92 Å². The number of ether oxygens (including phenoxy) is 1. The smallest absolute Gasteiger partial charge is 0.317 e. The van der Waals surface area contributed by atoms with E-state index in [2.05, 4.69) is 5.32 Å². The van der Waals surface area contributed by atoms with Crippen molar-refractivity contribution in [1.29, 1.82) is 0 Å². The van der Waals surface area contributed by atoms with Gasteiger partial charge in [-0.3, -0.25) is 4.79 Å². The lowest BCUT2D eigenvalue weighted by Crippen LogP contribution is -2.45. The van der Waals surface area contributed by atoms with Crippen molar-refractivity contribution >= 4 is 12.0 Å². The molecule has 2 N–H and O–H groups in total. The lowest BCUT2D eigenvalue weighted by Gasteiger charge is -2.30. The monoisotopic (exact) mass is 258 g/mol. The van der Waals surface area contributed by atoms with Crippen molar-refractivity contribution in [3.63, 3.8) is 0 Å². The molecule has 1 aliphatic rings. The summed E-state index contributed by atoms with van der Waals surface area (Å²) in [5.41, 5.74) is 0. The van der Waals surface area contributed by atoms with Crippen molar-refractivity contribution in [2.24, 2.45) is 5.92 Å². The molecular weight excluding hydrogens is 236 g/mol. The number of nitrogens with one attached hydrogen (secondary N) is 1. The minimum absolute atomic E-state index is 0.0868. The number of unbranched alkanes of at least 4 members (excludes halogenated alkanes) is 1. The number of carbonyl (C=O) groups excluding carboxylic acids is 1. The number of aliphatic carboxylic acids is 1. The second-order valence-corrected chi connectivity index (χ2v) is 4.53. The molecule has 0 bridgehead atoms. The SMILES string of the molecule is COCCCCNC(=O)N1CCC(C(=O)O)CC1. The molecule has 0 radical (unpaired) electrons. The van der Waals surface area contributed by atoms with E-state index in [0.717, 1.165) is 12.8 Å². The molecule has 0 aliphatic carbocycles. The molecule has 6 nitrogen and oxygen atoms in total. The molecule has 0 aromatic carbocycles. The van der Waals surface area contributed by atoms with Crippen molar-refractivity contribution in [3.05, 3.63) is 0 Å². The summed E-state index contributed by atoms with van der Waals surface area (Å²) in [7, 11) is 1.66. The van der Waals surface area contributed by atoms with E-state index in [1.54, 1.807) is 12.0 Å². The molecule has 0 atom stereocenters. The lowest BCUT2D eigenvalue weighted by molar-refractivity contribution is -0.143. The van der Waals surface area contributed by atoms with Gasteiger partial charge in [-0.2, -0.15) is 0 Å². The number of urea groups is 1. The van der Waals surface area contributed by atoms with Gasteiger partial charge in [-0.1, -0.05) is 0 Å². The highest BCUT2D eigenvalue weighted by Gasteiger charge is 2.26. The third kappa shape index (κ3) is 4.91. The number of amides is 2. The van der Waals surface area contributed by atoms with E-state index in [1.807, 2.05) is 0 Å². The zero-order chi connectivity index (χ0) is 13.4. The van der Waals surface area contributed by atoms with Gasteiger partial charge in [-0.05, 0) is 25.7 Å². The van der Waals surface area contributed by atoms with Gasteiger partial charge in [0.25, 0.3) is 0 Å². The normalized spacial score (nSPS) is 16.6. The highest BCUT2D eigenvalue weighted by atomic mass is 16.5. The van der Waals surface area contributed by atoms with E-state index in [4.69, 9.17) is 9.84 Å². The molecular formula is C12H22N2O4. The fourth-order valence-corrected chi connectivity index (χ4v) is 2.01. The zero-order valence-electron chi connectivity index (χ0n) is 10.9. The summed E-state index contributed by atoms with van der Waals surface area (Å²) in [5, 5.41) is 11.7. The number of methoxy groups -OCH3 is 1. The van der Waals surface area contributed by atoms with Gasteiger partial charge in [-0.15, -0.1) is 0 Å². The van der Waals surface area contributed by atoms with Crippen molar-refractivity contribution in [1.82, 2.24) is 10.2 Å². The van der Waals surface area contributed by atoms with Gasteiger partial charge in [0.2, 0.25) is 0 Å². The summed E-state index contributed by atoms with van der Waals surface area (Å²) in [6.07, 6.45) is 2.92. The van der Waals surface area contributed by atoms with Gasteiger partial charge in [-0.25, -0.2) is 4.79 Å². The minimum atomic E-state index is -0.755. The number of carbonyl (C=O) groups is 2. The number of piperidine rings is 1. The third-order valence-electron chi connectivity index (χ3n) is 3.18. The number of rotatable bonds is 6. The average Bonchev–Trinajstić information content (AvgIpc) is 2.38. The first kappa shape index (κ1) is 14.8. The molecule has 2 amide bonds. The topological polar surface area (TPSA) is 78.9 Å². The molecule has 6 heteroatoms. The highest BCUT2D eigenvalue weighted by Crippen LogP contribution is 2.17. The Morgan fingerprint density at radius 1 is 1.33 bits per heavy atom. The largest absolute Gasteiger partial charge is 0.481 e. The lowest BCUT2D eigenvalue weighted by atomic mass is 9.97. The molecule has 1 heterocycles. The van der Waals surface area contributed by atoms with E-state index in [0.29, 0.717) is 39.1 Å². The van der Waals surface area contributed by atoms with Gasteiger partial charge in [0.1, 0.15) is 0 Å². The summed E-state index contributed by atoms with van der Waals surface area (Å²) >= 11 is 0. The van der Waals surface area contributed by atoms with Crippen LogP contribution in [-0.2, 0) is 9.53 Å². The number of carboxylic acid groups (broad SMARTS) is 1. The Labute approximate surface area is 107 Å². The quantitative estimate of drug-likeness (QED) is 0.694. The number of likely N-dealkylation sites (tertiary alicyclic amines) is 1. The van der Waals surface area contributed by atoms with Gasteiger partial charge < -0.3 is 20.1 Å². The van der Waals surface area contributed by atoms with Gasteiger partial charge in [0, 0.05) is 33.4 Å². The maximum Gasteiger partial charge on any atom is 0.317 e. The van der Waals surface area contributed by atoms with Gasteiger partial charge in [0.05, 0.1) is 5.92 Å². The second-order valence-electron chi connectivity index (χ2n) is 4.53. The van der Waals surface area contributed by atoms with Crippen molar-refractivity contribution in [2.45, 2.75) is 25.7 Å². The molecule has 0 unspecified atom stereocenters. The molecule has 1 fully saturated rings. The van der Waals surface area contributed by atoms with Crippen LogP contribution in [0.25, 0.3) is 0 Å². The van der Waals surface area contributed by atoms with Gasteiger partial charge >= 0.3 is 12.0 Å². The van der Waals surface area contributed by atoms with Crippen LogP contribution in [0.1, 0.15) is 25.7 Å². The maximum absolute atomic E-state index is 11.7. The minimum Gasteiger partial charge on any atom is -0.481 e. The molecule has 104 valence electrons. The fourth-order valence-electron chi connectivity index (χ4n) is 2.01. The first-order valence-electron chi connectivity index (χ1n) is 6.39. The summed E-state index contributed by atoms with van der Waals surface area (Å²) < 4.78 is 4.92. The summed E-state index contributed by atoms with van der Waals surface area (Å²) in [6, 6.07) is -0.0868. The van der Waals surface area contributed by atoms with E-state index in [1.165, 1.54) is 0 Å². The molecule has 1 saturated heterocycles. The van der Waals surface area contributed by atoms with Crippen LogP contribution in [-0.4, -0.2) is 55.4 Å². The zero-order valence-corrected chi connectivity index (χ0v) is 10.9. The van der Waals surface area contributed by atoms with E-state index >= 15 is 0 Å². The van der Waals surface area contributed by atoms with E-state index in [-0.39, 0.29) is 11.9 Å². The predicted octanol–water partition coefficient (Wildman–Crippen LogP) is 0.919. The molecule has 1 aliphatic heterocycles. The standard InChI is InChI=1S/C12H22N2O4/c1-18-9-3-2-6-13-12(17)14-7-4-10(5-8-14)11(15)16/h10H,2-9H2,1H3,(H,13,17)(H,15,16). The predicted molar refractivity (Wildman–Crippen MR) is 66.4 cm³/mol. The van der Waals surface area contributed by atoms with Crippen LogP contribution in [0.5, 0.6) is 0 Å². The molecule has 18 heavy (non-hydrogen) atoms. The van der Waals surface area contributed by atoms with Crippen LogP contribution < -0.4 is 5.32 Å². The Morgan fingerprint density at radius 3 is 2.56 bits per heavy atom. The average molecular weight is 258 g/mol. The number of hydrogen-bond donors (Lipinski definition) is 2. The Kier molecular flexibility index (Phi) is 6.49. The molecule has 1 rings (SSSR count). The van der Waals surface area contributed by atoms with E-state index < -0.39 is 5.97 Å². The Hall–Kier alpha value is -1.30. The maximum atomic E-state index is 11.7. The Morgan fingerprint density at radius 2 is 2.00 bits per heavy atom. The molecule has 0 aromatic rings. The first-order valence-corrected chi connectivity index (χ1v) is 6.39. The molecule has 0 spiro atoms. The molecule has 0 aromatic heterocycles. The van der Waals surface area contributed by atoms with Crippen LogP contribution in [0.15, 0.2) is 0 Å². The van der Waals surface area contributed by atoms with Crippen LogP contribution in [0.4, 0.5) is 4.79 Å². The van der Waals surface area contributed by atoms with Crippen molar-refractivity contribution in [2.75, 3.05) is 33.4 Å². The Balaban J connectivity index is 2.14. The van der Waals surface area contributed by atoms with Crippen molar-refractivity contribution < 1.29 is 19.4 Å². The number of nitrogens with zero attached hydrogens (tertiary/aromatic N) is 1.